The Balaban J connectivity index is 2.72. The molecule has 2 aliphatic carbocycles. The largest absolute Gasteiger partial charge is 0.465 e. The molecule has 0 N–H and O–H groups in total. The molecule has 2 nitrogen and oxygen atoms in total. The van der Waals surface area contributed by atoms with Crippen LogP contribution in [0.4, 0.5) is 0 Å². The first-order valence-electron chi connectivity index (χ1n) is 6.88. The Morgan fingerprint density at radius 1 is 0.950 bits per heavy atom. The summed E-state index contributed by atoms with van der Waals surface area (Å²) in [5.74, 6) is -0.279. The topological polar surface area (TPSA) is 26.3 Å². The first-order valence-corrected chi connectivity index (χ1v) is 6.88. The van der Waals surface area contributed by atoms with Gasteiger partial charge >= 0.3 is 5.97 Å². The monoisotopic (exact) mass is 270 g/mol. The second-order valence-electron chi connectivity index (χ2n) is 6.42. The van der Waals surface area contributed by atoms with Crippen LogP contribution in [0.1, 0.15) is 47.8 Å². The van der Waals surface area contributed by atoms with Crippen LogP contribution in [0.3, 0.4) is 0 Å². The van der Waals surface area contributed by atoms with Crippen molar-refractivity contribution in [2.45, 2.75) is 40.0 Å². The second-order valence-corrected chi connectivity index (χ2v) is 6.42. The van der Waals surface area contributed by atoms with Crippen LogP contribution in [-0.2, 0) is 10.2 Å². The summed E-state index contributed by atoms with van der Waals surface area (Å²) in [6.07, 6.45) is 0. The second kappa shape index (κ2) is 4.93. The van der Waals surface area contributed by atoms with E-state index in [1.807, 2.05) is 12.1 Å². The number of esters is 1. The van der Waals surface area contributed by atoms with Gasteiger partial charge in [0, 0.05) is 0 Å². The van der Waals surface area contributed by atoms with E-state index in [0.717, 1.165) is 11.1 Å². The molecule has 0 spiro atoms. The minimum Gasteiger partial charge on any atom is -0.465 e. The number of rotatable bonds is 1. The summed E-state index contributed by atoms with van der Waals surface area (Å²) in [6, 6.07) is 8.29. The van der Waals surface area contributed by atoms with E-state index in [-0.39, 0.29) is 11.4 Å². The van der Waals surface area contributed by atoms with Gasteiger partial charge in [-0.1, -0.05) is 32.9 Å². The third kappa shape index (κ3) is 2.55. The van der Waals surface area contributed by atoms with Crippen molar-refractivity contribution in [1.29, 1.82) is 0 Å². The van der Waals surface area contributed by atoms with E-state index in [1.165, 1.54) is 23.8 Å². The van der Waals surface area contributed by atoms with Crippen LogP contribution in [-0.4, -0.2) is 13.1 Å². The van der Waals surface area contributed by atoms with E-state index in [0.29, 0.717) is 5.56 Å². The van der Waals surface area contributed by atoms with Crippen LogP contribution in [0, 0.1) is 13.8 Å². The van der Waals surface area contributed by atoms with Crippen molar-refractivity contribution in [2.75, 3.05) is 7.11 Å². The van der Waals surface area contributed by atoms with E-state index in [2.05, 4.69) is 46.8 Å². The number of hydrogen-bond acceptors (Lipinski definition) is 2. The number of carbonyl (C=O) groups is 1. The fraction of sp³-hybridized carbons (Fsp3) is 0.389. The number of methoxy groups -OCH3 is 1. The molecular formula is C18H22O2. The van der Waals surface area contributed by atoms with E-state index >= 15 is 0 Å². The van der Waals surface area contributed by atoms with E-state index in [4.69, 9.17) is 4.74 Å². The molecular weight excluding hydrogens is 248 g/mol. The van der Waals surface area contributed by atoms with Crippen LogP contribution < -0.4 is 0 Å². The molecule has 2 heteroatoms. The van der Waals surface area contributed by atoms with Crippen molar-refractivity contribution in [3.8, 4) is 11.1 Å². The maximum atomic E-state index is 11.7. The van der Waals surface area contributed by atoms with Crippen molar-refractivity contribution in [3.05, 3.63) is 46.5 Å². The first kappa shape index (κ1) is 14.6. The van der Waals surface area contributed by atoms with Gasteiger partial charge in [-0.05, 0) is 59.2 Å². The normalized spacial score (nSPS) is 11.7. The summed E-state index contributed by atoms with van der Waals surface area (Å²) in [7, 11) is 1.41. The molecule has 0 aromatic heterocycles. The summed E-state index contributed by atoms with van der Waals surface area (Å²) in [5.41, 5.74) is 6.66. The molecule has 0 atom stereocenters. The Kier molecular flexibility index (Phi) is 3.59. The summed E-state index contributed by atoms with van der Waals surface area (Å²) in [4.78, 5) is 11.7. The number of carbonyl (C=O) groups excluding carboxylic acids is 1. The fourth-order valence-corrected chi connectivity index (χ4v) is 2.49. The van der Waals surface area contributed by atoms with Gasteiger partial charge in [-0.25, -0.2) is 4.79 Å². The van der Waals surface area contributed by atoms with Crippen molar-refractivity contribution >= 4 is 5.97 Å². The maximum absolute atomic E-state index is 11.7. The summed E-state index contributed by atoms with van der Waals surface area (Å²) in [5, 5.41) is 0. The van der Waals surface area contributed by atoms with Crippen LogP contribution in [0.25, 0.3) is 11.1 Å². The molecule has 0 heterocycles. The molecule has 2 rings (SSSR count). The lowest BCUT2D eigenvalue weighted by atomic mass is 9.87. The molecule has 0 fully saturated rings. The lowest BCUT2D eigenvalue weighted by molar-refractivity contribution is 0.0601. The molecule has 0 bridgehead atoms. The number of hydrogen-bond donors (Lipinski definition) is 0. The zero-order valence-electron chi connectivity index (χ0n) is 13.1. The SMILES string of the molecule is COC(=O)c1cc2c(C)cc(C(C)(C)C)cc(C)c-2c1. The van der Waals surface area contributed by atoms with Crippen LogP contribution in [0.15, 0.2) is 24.3 Å². The highest BCUT2D eigenvalue weighted by molar-refractivity contribution is 5.95. The predicted octanol–water partition coefficient (Wildman–Crippen LogP) is 4.49. The molecule has 0 saturated heterocycles. The van der Waals surface area contributed by atoms with Crippen LogP contribution in [0.2, 0.25) is 0 Å². The Morgan fingerprint density at radius 2 is 1.40 bits per heavy atom. The van der Waals surface area contributed by atoms with Crippen molar-refractivity contribution in [3.63, 3.8) is 0 Å². The van der Waals surface area contributed by atoms with Gasteiger partial charge in [-0.15, -0.1) is 0 Å². The highest BCUT2D eigenvalue weighted by Gasteiger charge is 2.19. The van der Waals surface area contributed by atoms with E-state index in [9.17, 15) is 4.79 Å². The Bertz CT molecular complexity index is 593. The first-order chi connectivity index (χ1) is 9.24. The highest BCUT2D eigenvalue weighted by Crippen LogP contribution is 2.35. The Morgan fingerprint density at radius 3 is 1.75 bits per heavy atom. The smallest absolute Gasteiger partial charge is 0.337 e. The zero-order valence-corrected chi connectivity index (χ0v) is 13.1. The molecule has 0 saturated carbocycles. The molecule has 0 aromatic carbocycles. The van der Waals surface area contributed by atoms with Gasteiger partial charge in [-0.2, -0.15) is 0 Å². The highest BCUT2D eigenvalue weighted by atomic mass is 16.5. The van der Waals surface area contributed by atoms with E-state index in [1.54, 1.807) is 0 Å². The summed E-state index contributed by atoms with van der Waals surface area (Å²) >= 11 is 0. The lowest BCUT2D eigenvalue weighted by Crippen LogP contribution is -2.10. The van der Waals surface area contributed by atoms with Gasteiger partial charge in [0.2, 0.25) is 0 Å². The molecule has 0 aliphatic heterocycles. The molecule has 0 aromatic rings. The molecule has 0 radical (unpaired) electrons. The fourth-order valence-electron chi connectivity index (χ4n) is 2.49. The van der Waals surface area contributed by atoms with Gasteiger partial charge in [-0.3, -0.25) is 0 Å². The van der Waals surface area contributed by atoms with Crippen molar-refractivity contribution in [2.24, 2.45) is 0 Å². The quantitative estimate of drug-likeness (QED) is 0.713. The number of ether oxygens (including phenoxy) is 1. The Hall–Kier alpha value is -1.83. The summed E-state index contributed by atoms with van der Waals surface area (Å²) in [6.45, 7) is 10.8. The molecule has 2 aliphatic rings. The van der Waals surface area contributed by atoms with Gasteiger partial charge in [0.1, 0.15) is 0 Å². The molecule has 20 heavy (non-hydrogen) atoms. The predicted molar refractivity (Wildman–Crippen MR) is 82.6 cm³/mol. The third-order valence-corrected chi connectivity index (χ3v) is 3.77. The third-order valence-electron chi connectivity index (χ3n) is 3.77. The van der Waals surface area contributed by atoms with Crippen molar-refractivity contribution < 1.29 is 9.53 Å². The number of fused-ring (bicyclic) bond motifs is 1. The molecule has 106 valence electrons. The minimum absolute atomic E-state index is 0.108. The number of aryl methyl sites for hydroxylation is 2. The van der Waals surface area contributed by atoms with Crippen LogP contribution >= 0.6 is 0 Å². The van der Waals surface area contributed by atoms with Crippen molar-refractivity contribution in [1.82, 2.24) is 0 Å². The Labute approximate surface area is 121 Å². The lowest BCUT2D eigenvalue weighted by Gasteiger charge is -2.18. The van der Waals surface area contributed by atoms with Gasteiger partial charge < -0.3 is 4.74 Å². The average molecular weight is 270 g/mol. The standard InChI is InChI=1S/C18H22O2/c1-11-7-14(18(3,4)5)8-12(2)16-10-13(9-15(11)16)17(19)20-6/h7-10H,1-6H3. The van der Waals surface area contributed by atoms with Gasteiger partial charge in [0.15, 0.2) is 0 Å². The maximum Gasteiger partial charge on any atom is 0.337 e. The van der Waals surface area contributed by atoms with Gasteiger partial charge in [0.05, 0.1) is 12.7 Å². The molecule has 0 amide bonds. The van der Waals surface area contributed by atoms with Gasteiger partial charge in [0.25, 0.3) is 0 Å². The summed E-state index contributed by atoms with van der Waals surface area (Å²) < 4.78 is 4.81. The minimum atomic E-state index is -0.279. The zero-order chi connectivity index (χ0) is 15.1. The van der Waals surface area contributed by atoms with E-state index < -0.39 is 0 Å². The molecule has 0 unspecified atom stereocenters. The average Bonchev–Trinajstić information content (AvgIpc) is 2.76. The van der Waals surface area contributed by atoms with Crippen LogP contribution in [0.5, 0.6) is 0 Å².